The van der Waals surface area contributed by atoms with E-state index in [1.54, 1.807) is 12.2 Å². The van der Waals surface area contributed by atoms with Crippen molar-refractivity contribution in [2.45, 2.75) is 78.1 Å². The molecule has 4 rings (SSSR count). The van der Waals surface area contributed by atoms with E-state index in [1.165, 1.54) is 0 Å². The number of allylic oxidation sites excluding steroid dienone is 4. The molecule has 0 aromatic heterocycles. The molecule has 5 heteroatoms. The molecule has 0 bridgehead atoms. The SMILES string of the molecule is CC(C)OCC(=O)[C@@]1(O)CC[C@H]2[C@@H]3C[C@H](C)C4=CC(=O)C=C[C@]4(C)[C@H]3C(O)C[C@@]21C. The van der Waals surface area contributed by atoms with Crippen LogP contribution in [-0.4, -0.2) is 46.2 Å². The lowest BCUT2D eigenvalue weighted by molar-refractivity contribution is -0.182. The standard InChI is InChI=1S/C25H36O5/c1-14(2)30-13-21(28)25(29)9-7-18-17-10-15(3)19-11-16(26)6-8-23(19,4)22(17)20(27)12-24(18,25)5/h6,8,11,14-15,17-18,20,22,27,29H,7,9-10,12-13H2,1-5H3/t15-,17-,18-,20?,22+,23-,24-,25-/m0/s1. The average Bonchev–Trinajstić information content (AvgIpc) is 2.93. The highest BCUT2D eigenvalue weighted by molar-refractivity contribution is 6.01. The number of hydrogen-bond donors (Lipinski definition) is 2. The van der Waals surface area contributed by atoms with Crippen LogP contribution in [0.4, 0.5) is 0 Å². The molecule has 0 spiro atoms. The third-order valence-corrected chi connectivity index (χ3v) is 8.98. The third kappa shape index (κ3) is 2.92. The summed E-state index contributed by atoms with van der Waals surface area (Å²) in [6.07, 6.45) is 7.14. The molecule has 0 heterocycles. The molecular weight excluding hydrogens is 380 g/mol. The highest BCUT2D eigenvalue weighted by Gasteiger charge is 2.68. The second kappa shape index (κ2) is 7.11. The third-order valence-electron chi connectivity index (χ3n) is 8.98. The second-order valence-corrected chi connectivity index (χ2v) is 10.9. The summed E-state index contributed by atoms with van der Waals surface area (Å²) in [5, 5.41) is 23.0. The summed E-state index contributed by atoms with van der Waals surface area (Å²) in [4.78, 5) is 25.1. The van der Waals surface area contributed by atoms with Crippen LogP contribution < -0.4 is 0 Å². The zero-order valence-electron chi connectivity index (χ0n) is 18.9. The molecule has 3 fully saturated rings. The fourth-order valence-electron chi connectivity index (χ4n) is 7.57. The van der Waals surface area contributed by atoms with Crippen molar-refractivity contribution in [3.63, 3.8) is 0 Å². The van der Waals surface area contributed by atoms with E-state index in [4.69, 9.17) is 4.74 Å². The summed E-state index contributed by atoms with van der Waals surface area (Å²) in [7, 11) is 0. The van der Waals surface area contributed by atoms with Gasteiger partial charge in [-0.25, -0.2) is 0 Å². The van der Waals surface area contributed by atoms with Gasteiger partial charge in [0.2, 0.25) is 0 Å². The Morgan fingerprint density at radius 2 is 2.03 bits per heavy atom. The van der Waals surface area contributed by atoms with Crippen LogP contribution in [0.1, 0.15) is 60.3 Å². The molecule has 0 aromatic carbocycles. The summed E-state index contributed by atoms with van der Waals surface area (Å²) >= 11 is 0. The Morgan fingerprint density at radius 3 is 2.70 bits per heavy atom. The second-order valence-electron chi connectivity index (χ2n) is 10.9. The number of carbonyl (C=O) groups is 2. The average molecular weight is 417 g/mol. The van der Waals surface area contributed by atoms with E-state index < -0.39 is 17.1 Å². The maximum absolute atomic E-state index is 13.1. The molecule has 4 aliphatic carbocycles. The number of aliphatic hydroxyl groups is 2. The van der Waals surface area contributed by atoms with Crippen molar-refractivity contribution in [1.29, 1.82) is 0 Å². The first-order valence-electron chi connectivity index (χ1n) is 11.4. The van der Waals surface area contributed by atoms with E-state index in [9.17, 15) is 19.8 Å². The Morgan fingerprint density at radius 1 is 1.33 bits per heavy atom. The van der Waals surface area contributed by atoms with Crippen molar-refractivity contribution in [1.82, 2.24) is 0 Å². The van der Waals surface area contributed by atoms with Crippen LogP contribution in [0.15, 0.2) is 23.8 Å². The summed E-state index contributed by atoms with van der Waals surface area (Å²) in [5.74, 6) is 0.340. The summed E-state index contributed by atoms with van der Waals surface area (Å²) in [5.41, 5.74) is -1.37. The molecule has 0 amide bonds. The van der Waals surface area contributed by atoms with Gasteiger partial charge in [-0.2, -0.15) is 0 Å². The van der Waals surface area contributed by atoms with Crippen LogP contribution in [0.25, 0.3) is 0 Å². The van der Waals surface area contributed by atoms with Gasteiger partial charge < -0.3 is 14.9 Å². The number of Topliss-reactive ketones (excluding diaryl/α,β-unsaturated/α-hetero) is 1. The Hall–Kier alpha value is -1.30. The highest BCUT2D eigenvalue weighted by Crippen LogP contribution is 2.67. The van der Waals surface area contributed by atoms with E-state index in [1.807, 2.05) is 26.8 Å². The normalized spacial score (nSPS) is 47.5. The fraction of sp³-hybridized carbons (Fsp3) is 0.760. The van der Waals surface area contributed by atoms with Crippen LogP contribution in [0.2, 0.25) is 0 Å². The van der Waals surface area contributed by atoms with E-state index in [0.29, 0.717) is 12.8 Å². The topological polar surface area (TPSA) is 83.8 Å². The predicted molar refractivity (Wildman–Crippen MR) is 114 cm³/mol. The fourth-order valence-corrected chi connectivity index (χ4v) is 7.57. The molecule has 0 saturated heterocycles. The van der Waals surface area contributed by atoms with Crippen LogP contribution >= 0.6 is 0 Å². The van der Waals surface area contributed by atoms with Gasteiger partial charge in [0, 0.05) is 16.7 Å². The molecule has 0 aliphatic heterocycles. The van der Waals surface area contributed by atoms with Gasteiger partial charge in [0.25, 0.3) is 0 Å². The maximum atomic E-state index is 13.1. The molecule has 2 N–H and O–H groups in total. The molecule has 0 radical (unpaired) electrons. The minimum atomic E-state index is -1.46. The highest BCUT2D eigenvalue weighted by atomic mass is 16.5. The van der Waals surface area contributed by atoms with E-state index in [-0.39, 0.29) is 53.4 Å². The van der Waals surface area contributed by atoms with Gasteiger partial charge in [-0.1, -0.05) is 32.4 Å². The van der Waals surface area contributed by atoms with Gasteiger partial charge in [0.15, 0.2) is 11.6 Å². The first kappa shape index (κ1) is 21.9. The Bertz CT molecular complexity index is 812. The zero-order valence-corrected chi connectivity index (χ0v) is 18.9. The number of aliphatic hydroxyl groups excluding tert-OH is 1. The number of ether oxygens (including phenoxy) is 1. The van der Waals surface area contributed by atoms with E-state index >= 15 is 0 Å². The number of rotatable bonds is 4. The number of hydrogen-bond acceptors (Lipinski definition) is 5. The molecule has 4 aliphatic rings. The van der Waals surface area contributed by atoms with Gasteiger partial charge >= 0.3 is 0 Å². The number of carbonyl (C=O) groups excluding carboxylic acids is 2. The molecule has 3 saturated carbocycles. The summed E-state index contributed by atoms with van der Waals surface area (Å²) in [6, 6.07) is 0. The Balaban J connectivity index is 1.69. The smallest absolute Gasteiger partial charge is 0.190 e. The Kier molecular flexibility index (Phi) is 5.19. The monoisotopic (exact) mass is 416 g/mol. The predicted octanol–water partition coefficient (Wildman–Crippen LogP) is 3.24. The van der Waals surface area contributed by atoms with Crippen molar-refractivity contribution < 1.29 is 24.5 Å². The van der Waals surface area contributed by atoms with Crippen LogP contribution in [0.5, 0.6) is 0 Å². The van der Waals surface area contributed by atoms with Gasteiger partial charge in [0.05, 0.1) is 12.2 Å². The zero-order chi connectivity index (χ0) is 22.1. The van der Waals surface area contributed by atoms with Gasteiger partial charge in [-0.05, 0) is 69.4 Å². The molecule has 0 aromatic rings. The lowest BCUT2D eigenvalue weighted by atomic mass is 9.45. The molecule has 8 atom stereocenters. The van der Waals surface area contributed by atoms with Crippen molar-refractivity contribution >= 4 is 11.6 Å². The largest absolute Gasteiger partial charge is 0.393 e. The van der Waals surface area contributed by atoms with E-state index in [0.717, 1.165) is 18.4 Å². The molecule has 1 unspecified atom stereocenters. The molecule has 166 valence electrons. The van der Waals surface area contributed by atoms with Crippen molar-refractivity contribution in [3.05, 3.63) is 23.8 Å². The number of fused-ring (bicyclic) bond motifs is 5. The Labute approximate surface area is 179 Å². The maximum Gasteiger partial charge on any atom is 0.190 e. The van der Waals surface area contributed by atoms with Crippen LogP contribution in [0, 0.1) is 34.5 Å². The lowest BCUT2D eigenvalue weighted by Gasteiger charge is -2.60. The van der Waals surface area contributed by atoms with E-state index in [2.05, 4.69) is 13.8 Å². The summed E-state index contributed by atoms with van der Waals surface area (Å²) in [6.45, 7) is 9.96. The van der Waals surface area contributed by atoms with Crippen molar-refractivity contribution in [3.8, 4) is 0 Å². The van der Waals surface area contributed by atoms with Gasteiger partial charge in [-0.15, -0.1) is 0 Å². The minimum Gasteiger partial charge on any atom is -0.393 e. The minimum absolute atomic E-state index is 0.00765. The van der Waals surface area contributed by atoms with Crippen LogP contribution in [-0.2, 0) is 14.3 Å². The van der Waals surface area contributed by atoms with Gasteiger partial charge in [0.1, 0.15) is 12.2 Å². The quantitative estimate of drug-likeness (QED) is 0.735. The molecule has 5 nitrogen and oxygen atoms in total. The molecular formula is C25H36O5. The van der Waals surface area contributed by atoms with Crippen molar-refractivity contribution in [2.24, 2.45) is 34.5 Å². The van der Waals surface area contributed by atoms with Gasteiger partial charge in [-0.3, -0.25) is 9.59 Å². The molecule has 30 heavy (non-hydrogen) atoms. The summed E-state index contributed by atoms with van der Waals surface area (Å²) < 4.78 is 5.53. The van der Waals surface area contributed by atoms with Crippen LogP contribution in [0.3, 0.4) is 0 Å². The first-order valence-corrected chi connectivity index (χ1v) is 11.4. The van der Waals surface area contributed by atoms with Crippen molar-refractivity contribution in [2.75, 3.05) is 6.61 Å². The first-order chi connectivity index (χ1) is 13.9. The lowest BCUT2D eigenvalue weighted by Crippen LogP contribution is -2.62. The number of ketones is 2.